The molecule has 0 aromatic heterocycles. The summed E-state index contributed by atoms with van der Waals surface area (Å²) in [6.07, 6.45) is 11.2. The second-order valence-corrected chi connectivity index (χ2v) is 5.85. The van der Waals surface area contributed by atoms with Gasteiger partial charge in [-0.25, -0.2) is 0 Å². The number of hydrogen-bond acceptors (Lipinski definition) is 2. The van der Waals surface area contributed by atoms with Crippen LogP contribution in [0.4, 0.5) is 0 Å². The number of unbranched alkanes of at least 4 members (excludes halogenated alkanes) is 4. The average molecular weight is 256 g/mol. The monoisotopic (exact) mass is 256 g/mol. The van der Waals surface area contributed by atoms with E-state index in [0.29, 0.717) is 11.8 Å². The first-order chi connectivity index (χ1) is 8.79. The summed E-state index contributed by atoms with van der Waals surface area (Å²) < 4.78 is 5.58. The van der Waals surface area contributed by atoms with Crippen LogP contribution in [0, 0.1) is 11.8 Å². The molecule has 0 amide bonds. The van der Waals surface area contributed by atoms with E-state index in [9.17, 15) is 5.11 Å². The highest BCUT2D eigenvalue weighted by Crippen LogP contribution is 2.31. The van der Waals surface area contributed by atoms with Crippen molar-refractivity contribution in [2.24, 2.45) is 11.8 Å². The summed E-state index contributed by atoms with van der Waals surface area (Å²) in [5.41, 5.74) is 0. The van der Waals surface area contributed by atoms with Crippen LogP contribution < -0.4 is 0 Å². The van der Waals surface area contributed by atoms with Gasteiger partial charge in [-0.3, -0.25) is 0 Å². The summed E-state index contributed by atoms with van der Waals surface area (Å²) in [6, 6.07) is 0. The molecule has 2 nitrogen and oxygen atoms in total. The molecule has 1 fully saturated rings. The van der Waals surface area contributed by atoms with Gasteiger partial charge in [0.25, 0.3) is 0 Å². The maximum Gasteiger partial charge on any atom is 0.0615 e. The minimum absolute atomic E-state index is 0.119. The third kappa shape index (κ3) is 5.71. The molecular weight excluding hydrogens is 224 g/mol. The smallest absolute Gasteiger partial charge is 0.0615 e. The van der Waals surface area contributed by atoms with Gasteiger partial charge in [-0.05, 0) is 12.3 Å². The third-order valence-electron chi connectivity index (χ3n) is 4.32. The summed E-state index contributed by atoms with van der Waals surface area (Å²) in [5, 5.41) is 10.2. The molecule has 0 aliphatic carbocycles. The normalized spacial score (nSPS) is 26.2. The molecule has 1 aliphatic rings. The fraction of sp³-hybridized carbons (Fsp3) is 1.00. The van der Waals surface area contributed by atoms with Gasteiger partial charge in [-0.1, -0.05) is 65.2 Å². The molecule has 2 heteroatoms. The highest BCUT2D eigenvalue weighted by Gasteiger charge is 2.30. The molecule has 0 bridgehead atoms. The van der Waals surface area contributed by atoms with Crippen LogP contribution in [0.1, 0.15) is 71.6 Å². The number of rotatable bonds is 9. The molecule has 0 aromatic rings. The molecule has 3 atom stereocenters. The Morgan fingerprint density at radius 1 is 1.06 bits per heavy atom. The average Bonchev–Trinajstić information content (AvgIpc) is 2.39. The summed E-state index contributed by atoms with van der Waals surface area (Å²) in [7, 11) is 0. The lowest BCUT2D eigenvalue weighted by Crippen LogP contribution is -2.37. The van der Waals surface area contributed by atoms with Crippen LogP contribution in [0.5, 0.6) is 0 Å². The molecule has 3 unspecified atom stereocenters. The van der Waals surface area contributed by atoms with Gasteiger partial charge in [0.1, 0.15) is 0 Å². The van der Waals surface area contributed by atoms with Gasteiger partial charge in [0, 0.05) is 12.5 Å². The van der Waals surface area contributed by atoms with Gasteiger partial charge in [0.05, 0.1) is 12.7 Å². The molecule has 1 aliphatic heterocycles. The molecule has 1 rings (SSSR count). The van der Waals surface area contributed by atoms with E-state index >= 15 is 0 Å². The van der Waals surface area contributed by atoms with Crippen molar-refractivity contribution in [3.63, 3.8) is 0 Å². The van der Waals surface area contributed by atoms with E-state index in [0.717, 1.165) is 19.6 Å². The fourth-order valence-corrected chi connectivity index (χ4v) is 3.07. The Labute approximate surface area is 113 Å². The molecule has 1 N–H and O–H groups in total. The first kappa shape index (κ1) is 16.0. The van der Waals surface area contributed by atoms with Crippen LogP contribution >= 0.6 is 0 Å². The largest absolute Gasteiger partial charge is 0.393 e. The zero-order valence-electron chi connectivity index (χ0n) is 12.4. The van der Waals surface area contributed by atoms with Crippen molar-refractivity contribution in [3.8, 4) is 0 Å². The Kier molecular flexibility index (Phi) is 8.70. The predicted molar refractivity (Wildman–Crippen MR) is 76.7 cm³/mol. The Morgan fingerprint density at radius 2 is 1.78 bits per heavy atom. The van der Waals surface area contributed by atoms with Crippen molar-refractivity contribution in [3.05, 3.63) is 0 Å². The van der Waals surface area contributed by atoms with Crippen LogP contribution in [0.15, 0.2) is 0 Å². The number of aliphatic hydroxyl groups is 1. The lowest BCUT2D eigenvalue weighted by Gasteiger charge is -2.34. The van der Waals surface area contributed by atoms with Gasteiger partial charge in [-0.2, -0.15) is 0 Å². The van der Waals surface area contributed by atoms with E-state index in [1.54, 1.807) is 0 Å². The second-order valence-electron chi connectivity index (χ2n) is 5.85. The van der Waals surface area contributed by atoms with Crippen molar-refractivity contribution >= 4 is 0 Å². The number of aliphatic hydroxyl groups excluding tert-OH is 1. The summed E-state index contributed by atoms with van der Waals surface area (Å²) >= 11 is 0. The lowest BCUT2D eigenvalue weighted by atomic mass is 9.79. The van der Waals surface area contributed by atoms with Gasteiger partial charge < -0.3 is 9.84 Å². The zero-order chi connectivity index (χ0) is 13.2. The Hall–Kier alpha value is -0.0800. The molecule has 0 aromatic carbocycles. The Balaban J connectivity index is 2.37. The quantitative estimate of drug-likeness (QED) is 0.628. The van der Waals surface area contributed by atoms with Gasteiger partial charge in [-0.15, -0.1) is 0 Å². The topological polar surface area (TPSA) is 29.5 Å². The molecule has 0 radical (unpaired) electrons. The highest BCUT2D eigenvalue weighted by molar-refractivity contribution is 4.79. The third-order valence-corrected chi connectivity index (χ3v) is 4.32. The Morgan fingerprint density at radius 3 is 2.44 bits per heavy atom. The van der Waals surface area contributed by atoms with Crippen LogP contribution in [-0.2, 0) is 4.74 Å². The highest BCUT2D eigenvalue weighted by atomic mass is 16.5. The predicted octanol–water partition coefficient (Wildman–Crippen LogP) is 4.16. The standard InChI is InChI=1S/C16H32O2/c1-3-5-7-8-10-14(9-6-4-2)15-13-18-12-11-16(15)17/h14-17H,3-13H2,1-2H3. The van der Waals surface area contributed by atoms with E-state index in [2.05, 4.69) is 13.8 Å². The van der Waals surface area contributed by atoms with E-state index in [1.807, 2.05) is 0 Å². The van der Waals surface area contributed by atoms with E-state index < -0.39 is 0 Å². The molecular formula is C16H32O2. The maximum absolute atomic E-state index is 10.2. The lowest BCUT2D eigenvalue weighted by molar-refractivity contribution is -0.0609. The van der Waals surface area contributed by atoms with Crippen molar-refractivity contribution in [2.45, 2.75) is 77.7 Å². The van der Waals surface area contributed by atoms with Gasteiger partial charge in [0.15, 0.2) is 0 Å². The second kappa shape index (κ2) is 9.80. The van der Waals surface area contributed by atoms with Crippen LogP contribution in [0.2, 0.25) is 0 Å². The number of ether oxygens (including phenoxy) is 1. The first-order valence-electron chi connectivity index (χ1n) is 8.05. The minimum atomic E-state index is -0.119. The molecule has 0 saturated carbocycles. The van der Waals surface area contributed by atoms with Gasteiger partial charge in [0.2, 0.25) is 0 Å². The van der Waals surface area contributed by atoms with E-state index in [4.69, 9.17) is 4.74 Å². The molecule has 1 heterocycles. The first-order valence-corrected chi connectivity index (χ1v) is 8.05. The Bertz CT molecular complexity index is 194. The van der Waals surface area contributed by atoms with Crippen LogP contribution in [0.3, 0.4) is 0 Å². The summed E-state index contributed by atoms with van der Waals surface area (Å²) in [5.74, 6) is 1.07. The summed E-state index contributed by atoms with van der Waals surface area (Å²) in [6.45, 7) is 6.03. The van der Waals surface area contributed by atoms with Crippen molar-refractivity contribution in [1.29, 1.82) is 0 Å². The van der Waals surface area contributed by atoms with E-state index in [1.165, 1.54) is 51.4 Å². The van der Waals surface area contributed by atoms with Crippen LogP contribution in [-0.4, -0.2) is 24.4 Å². The molecule has 108 valence electrons. The number of hydrogen-bond donors (Lipinski definition) is 1. The fourth-order valence-electron chi connectivity index (χ4n) is 3.07. The van der Waals surface area contributed by atoms with Crippen molar-refractivity contribution in [2.75, 3.05) is 13.2 Å². The zero-order valence-corrected chi connectivity index (χ0v) is 12.4. The van der Waals surface area contributed by atoms with Gasteiger partial charge >= 0.3 is 0 Å². The van der Waals surface area contributed by atoms with Crippen molar-refractivity contribution < 1.29 is 9.84 Å². The van der Waals surface area contributed by atoms with Crippen LogP contribution in [0.25, 0.3) is 0 Å². The maximum atomic E-state index is 10.2. The minimum Gasteiger partial charge on any atom is -0.393 e. The summed E-state index contributed by atoms with van der Waals surface area (Å²) in [4.78, 5) is 0. The molecule has 1 saturated heterocycles. The van der Waals surface area contributed by atoms with Crippen molar-refractivity contribution in [1.82, 2.24) is 0 Å². The molecule has 18 heavy (non-hydrogen) atoms. The van der Waals surface area contributed by atoms with E-state index in [-0.39, 0.29) is 6.10 Å². The SMILES string of the molecule is CCCCCCC(CCCC)C1COCCC1O. The molecule has 0 spiro atoms.